The van der Waals surface area contributed by atoms with E-state index in [1.807, 2.05) is 6.92 Å². The van der Waals surface area contributed by atoms with Gasteiger partial charge in [0, 0.05) is 37.4 Å². The van der Waals surface area contributed by atoms with E-state index in [2.05, 4.69) is 20.9 Å². The summed E-state index contributed by atoms with van der Waals surface area (Å²) in [5.41, 5.74) is 1.21. The molecule has 1 fully saturated rings. The van der Waals surface area contributed by atoms with Crippen LogP contribution in [0.3, 0.4) is 0 Å². The van der Waals surface area contributed by atoms with Crippen LogP contribution in [-0.2, 0) is 4.79 Å². The molecule has 0 aromatic carbocycles. The zero-order chi connectivity index (χ0) is 14.4. The molecule has 3 N–H and O–H groups in total. The van der Waals surface area contributed by atoms with Crippen LogP contribution in [0.5, 0.6) is 0 Å². The largest absolute Gasteiger partial charge is 0.383 e. The summed E-state index contributed by atoms with van der Waals surface area (Å²) in [6.45, 7) is 3.64. The van der Waals surface area contributed by atoms with Crippen LogP contribution in [0, 0.1) is 5.92 Å². The quantitative estimate of drug-likeness (QED) is 0.642. The Balaban J connectivity index is 1.75. The second kappa shape index (κ2) is 6.88. The summed E-state index contributed by atoms with van der Waals surface area (Å²) in [6, 6.07) is 3.50. The molecule has 1 aliphatic carbocycles. The lowest BCUT2D eigenvalue weighted by molar-refractivity contribution is -0.122. The molecule has 1 aromatic heterocycles. The first-order valence-electron chi connectivity index (χ1n) is 6.96. The Bertz CT molecular complexity index is 486. The van der Waals surface area contributed by atoms with Crippen LogP contribution in [-0.4, -0.2) is 36.4 Å². The van der Waals surface area contributed by atoms with Gasteiger partial charge in [0.25, 0.3) is 5.91 Å². The van der Waals surface area contributed by atoms with Crippen LogP contribution in [0.2, 0.25) is 0 Å². The lowest BCUT2D eigenvalue weighted by Crippen LogP contribution is -2.30. The molecule has 6 nitrogen and oxygen atoms in total. The van der Waals surface area contributed by atoms with Crippen molar-refractivity contribution in [3.63, 3.8) is 0 Å². The topological polar surface area (TPSA) is 83.1 Å². The molecule has 108 valence electrons. The lowest BCUT2D eigenvalue weighted by atomic mass is 10.3. The molecule has 2 rings (SSSR count). The molecule has 1 aliphatic rings. The average Bonchev–Trinajstić information content (AvgIpc) is 3.28. The van der Waals surface area contributed by atoms with E-state index in [-0.39, 0.29) is 17.7 Å². The van der Waals surface area contributed by atoms with E-state index in [0.29, 0.717) is 25.3 Å². The average molecular weight is 276 g/mol. The standard InChI is InChI=1S/C14H20N4O2/c1-2-15-14(20)12-9-11(5-6-17-12)16-7-8-18-13(19)10-3-4-10/h5-6,9-10H,2-4,7-8H2,1H3,(H,15,20)(H,16,17)(H,18,19). The molecule has 20 heavy (non-hydrogen) atoms. The van der Waals surface area contributed by atoms with Crippen LogP contribution < -0.4 is 16.0 Å². The van der Waals surface area contributed by atoms with Gasteiger partial charge in [-0.1, -0.05) is 0 Å². The third-order valence-corrected chi connectivity index (χ3v) is 3.03. The van der Waals surface area contributed by atoms with Gasteiger partial charge in [-0.3, -0.25) is 14.6 Å². The van der Waals surface area contributed by atoms with Crippen LogP contribution in [0.4, 0.5) is 5.69 Å². The third kappa shape index (κ3) is 4.22. The number of carbonyl (C=O) groups is 2. The molecule has 1 saturated carbocycles. The van der Waals surface area contributed by atoms with Gasteiger partial charge in [-0.15, -0.1) is 0 Å². The molecule has 6 heteroatoms. The van der Waals surface area contributed by atoms with Crippen molar-refractivity contribution in [2.24, 2.45) is 5.92 Å². The predicted octanol–water partition coefficient (Wildman–Crippen LogP) is 0.769. The minimum absolute atomic E-state index is 0.143. The van der Waals surface area contributed by atoms with Crippen LogP contribution in [0.15, 0.2) is 18.3 Å². The normalized spacial score (nSPS) is 13.7. The minimum atomic E-state index is -0.182. The molecule has 2 amide bonds. The maximum absolute atomic E-state index is 11.6. The second-order valence-corrected chi connectivity index (χ2v) is 4.78. The number of aromatic nitrogens is 1. The van der Waals surface area contributed by atoms with E-state index in [0.717, 1.165) is 18.5 Å². The number of amides is 2. The number of pyridine rings is 1. The van der Waals surface area contributed by atoms with Crippen molar-refractivity contribution < 1.29 is 9.59 Å². The molecule has 1 heterocycles. The molecule has 0 atom stereocenters. The van der Waals surface area contributed by atoms with Crippen LogP contribution >= 0.6 is 0 Å². The van der Waals surface area contributed by atoms with Crippen molar-refractivity contribution in [1.29, 1.82) is 0 Å². The number of hydrogen-bond acceptors (Lipinski definition) is 4. The highest BCUT2D eigenvalue weighted by molar-refractivity contribution is 5.93. The number of nitrogens with one attached hydrogen (secondary N) is 3. The fourth-order valence-corrected chi connectivity index (χ4v) is 1.80. The van der Waals surface area contributed by atoms with Crippen LogP contribution in [0.1, 0.15) is 30.3 Å². The Morgan fingerprint density at radius 2 is 2.10 bits per heavy atom. The highest BCUT2D eigenvalue weighted by Crippen LogP contribution is 2.28. The number of carbonyl (C=O) groups excluding carboxylic acids is 2. The maximum atomic E-state index is 11.6. The van der Waals surface area contributed by atoms with Gasteiger partial charge >= 0.3 is 0 Å². The molecule has 0 unspecified atom stereocenters. The smallest absolute Gasteiger partial charge is 0.269 e. The summed E-state index contributed by atoms with van der Waals surface area (Å²) >= 11 is 0. The van der Waals surface area contributed by atoms with Crippen LogP contribution in [0.25, 0.3) is 0 Å². The van der Waals surface area contributed by atoms with E-state index in [4.69, 9.17) is 0 Å². The highest BCUT2D eigenvalue weighted by atomic mass is 16.2. The molecule has 0 aliphatic heterocycles. The maximum Gasteiger partial charge on any atom is 0.269 e. The Hall–Kier alpha value is -2.11. The van der Waals surface area contributed by atoms with Gasteiger partial charge in [0.1, 0.15) is 5.69 Å². The lowest BCUT2D eigenvalue weighted by Gasteiger charge is -2.08. The van der Waals surface area contributed by atoms with Crippen molar-refractivity contribution in [2.75, 3.05) is 25.0 Å². The minimum Gasteiger partial charge on any atom is -0.383 e. The first kappa shape index (κ1) is 14.3. The number of rotatable bonds is 7. The summed E-state index contributed by atoms with van der Waals surface area (Å²) in [7, 11) is 0. The Kier molecular flexibility index (Phi) is 4.92. The Morgan fingerprint density at radius 1 is 1.30 bits per heavy atom. The van der Waals surface area contributed by atoms with E-state index in [1.165, 1.54) is 0 Å². The van der Waals surface area contributed by atoms with Gasteiger partial charge in [-0.25, -0.2) is 0 Å². The van der Waals surface area contributed by atoms with Gasteiger partial charge in [-0.2, -0.15) is 0 Å². The number of anilines is 1. The number of hydrogen-bond donors (Lipinski definition) is 3. The van der Waals surface area contributed by atoms with Gasteiger partial charge < -0.3 is 16.0 Å². The van der Waals surface area contributed by atoms with Crippen molar-refractivity contribution in [1.82, 2.24) is 15.6 Å². The van der Waals surface area contributed by atoms with E-state index < -0.39 is 0 Å². The molecule has 0 spiro atoms. The Morgan fingerprint density at radius 3 is 2.80 bits per heavy atom. The summed E-state index contributed by atoms with van der Waals surface area (Å²) in [4.78, 5) is 27.1. The first-order valence-corrected chi connectivity index (χ1v) is 6.96. The van der Waals surface area contributed by atoms with Crippen molar-refractivity contribution in [3.8, 4) is 0 Å². The zero-order valence-corrected chi connectivity index (χ0v) is 11.6. The molecule has 0 saturated heterocycles. The van der Waals surface area contributed by atoms with E-state index >= 15 is 0 Å². The van der Waals surface area contributed by atoms with Crippen molar-refractivity contribution in [3.05, 3.63) is 24.0 Å². The molecular formula is C14H20N4O2. The second-order valence-electron chi connectivity index (χ2n) is 4.78. The molecule has 0 bridgehead atoms. The fraction of sp³-hybridized carbons (Fsp3) is 0.500. The summed E-state index contributed by atoms with van der Waals surface area (Å²) in [6.07, 6.45) is 3.62. The fourth-order valence-electron chi connectivity index (χ4n) is 1.80. The third-order valence-electron chi connectivity index (χ3n) is 3.03. The Labute approximate surface area is 118 Å². The van der Waals surface area contributed by atoms with Gasteiger partial charge in [0.2, 0.25) is 5.91 Å². The summed E-state index contributed by atoms with van der Waals surface area (Å²) < 4.78 is 0. The zero-order valence-electron chi connectivity index (χ0n) is 11.6. The van der Waals surface area contributed by atoms with Crippen molar-refractivity contribution in [2.45, 2.75) is 19.8 Å². The van der Waals surface area contributed by atoms with E-state index in [9.17, 15) is 9.59 Å². The van der Waals surface area contributed by atoms with Gasteiger partial charge in [0.15, 0.2) is 0 Å². The van der Waals surface area contributed by atoms with E-state index in [1.54, 1.807) is 18.3 Å². The summed E-state index contributed by atoms with van der Waals surface area (Å²) in [5, 5.41) is 8.74. The first-order chi connectivity index (χ1) is 9.70. The number of nitrogens with zero attached hydrogens (tertiary/aromatic N) is 1. The monoisotopic (exact) mass is 276 g/mol. The summed E-state index contributed by atoms with van der Waals surface area (Å²) in [5.74, 6) is 0.197. The SMILES string of the molecule is CCNC(=O)c1cc(NCCNC(=O)C2CC2)ccn1. The molecular weight excluding hydrogens is 256 g/mol. The molecule has 1 aromatic rings. The highest BCUT2D eigenvalue weighted by Gasteiger charge is 2.28. The predicted molar refractivity (Wildman–Crippen MR) is 76.5 cm³/mol. The van der Waals surface area contributed by atoms with Gasteiger partial charge in [0.05, 0.1) is 0 Å². The van der Waals surface area contributed by atoms with Gasteiger partial charge in [-0.05, 0) is 31.9 Å². The molecule has 0 radical (unpaired) electrons. The van der Waals surface area contributed by atoms with Crippen molar-refractivity contribution >= 4 is 17.5 Å².